The summed E-state index contributed by atoms with van der Waals surface area (Å²) in [4.78, 5) is 7.06. The fourth-order valence-corrected chi connectivity index (χ4v) is 2.21. The summed E-state index contributed by atoms with van der Waals surface area (Å²) in [5, 5.41) is 3.33. The van der Waals surface area contributed by atoms with Crippen LogP contribution in [0.25, 0.3) is 0 Å². The Labute approximate surface area is 116 Å². The molecule has 0 bridgehead atoms. The van der Waals surface area contributed by atoms with Gasteiger partial charge in [0.05, 0.1) is 6.61 Å². The molecule has 1 aliphatic rings. The Bertz CT molecular complexity index is 362. The van der Waals surface area contributed by atoms with Gasteiger partial charge in [0.2, 0.25) is 0 Å². The number of pyridine rings is 1. The maximum absolute atomic E-state index is 5.01. The van der Waals surface area contributed by atoms with Crippen molar-refractivity contribution in [2.75, 3.05) is 31.7 Å². The van der Waals surface area contributed by atoms with Gasteiger partial charge in [-0.15, -0.1) is 0 Å². The van der Waals surface area contributed by atoms with Crippen molar-refractivity contribution in [3.8, 4) is 0 Å². The lowest BCUT2D eigenvalue weighted by Gasteiger charge is -2.22. The smallest absolute Gasteiger partial charge is 0.128 e. The summed E-state index contributed by atoms with van der Waals surface area (Å²) in [6, 6.07) is 5.06. The molecular weight excluding hydrogens is 238 g/mol. The van der Waals surface area contributed by atoms with Gasteiger partial charge in [0.1, 0.15) is 5.82 Å². The highest BCUT2D eigenvalue weighted by Crippen LogP contribution is 2.30. The molecule has 0 amide bonds. The monoisotopic (exact) mass is 263 g/mol. The van der Waals surface area contributed by atoms with Gasteiger partial charge < -0.3 is 15.0 Å². The van der Waals surface area contributed by atoms with Crippen LogP contribution in [0.2, 0.25) is 0 Å². The first-order valence-electron chi connectivity index (χ1n) is 7.26. The Kier molecular flexibility index (Phi) is 5.61. The van der Waals surface area contributed by atoms with Crippen LogP contribution < -0.4 is 10.2 Å². The summed E-state index contributed by atoms with van der Waals surface area (Å²) in [7, 11) is 1.72. The van der Waals surface area contributed by atoms with Crippen molar-refractivity contribution < 1.29 is 4.74 Å². The number of hydrogen-bond donors (Lipinski definition) is 1. The van der Waals surface area contributed by atoms with Crippen molar-refractivity contribution in [2.45, 2.75) is 38.8 Å². The van der Waals surface area contributed by atoms with Crippen LogP contribution in [0.3, 0.4) is 0 Å². The Hall–Kier alpha value is -1.13. The van der Waals surface area contributed by atoms with E-state index in [0.29, 0.717) is 0 Å². The summed E-state index contributed by atoms with van der Waals surface area (Å²) < 4.78 is 5.01. The molecule has 1 aromatic heterocycles. The lowest BCUT2D eigenvalue weighted by molar-refractivity contribution is 0.199. The van der Waals surface area contributed by atoms with Crippen molar-refractivity contribution >= 4 is 5.82 Å². The third-order valence-electron chi connectivity index (χ3n) is 3.37. The molecule has 106 valence electrons. The van der Waals surface area contributed by atoms with Gasteiger partial charge in [0.15, 0.2) is 0 Å². The Morgan fingerprint density at radius 1 is 1.42 bits per heavy atom. The molecule has 1 aromatic rings. The lowest BCUT2D eigenvalue weighted by atomic mass is 10.2. The fourth-order valence-electron chi connectivity index (χ4n) is 2.21. The van der Waals surface area contributed by atoms with Gasteiger partial charge in [-0.25, -0.2) is 4.98 Å². The summed E-state index contributed by atoms with van der Waals surface area (Å²) >= 11 is 0. The van der Waals surface area contributed by atoms with Gasteiger partial charge in [0, 0.05) is 39.0 Å². The molecule has 2 rings (SSSR count). The van der Waals surface area contributed by atoms with Gasteiger partial charge >= 0.3 is 0 Å². The predicted molar refractivity (Wildman–Crippen MR) is 78.5 cm³/mol. The predicted octanol–water partition coefficient (Wildman–Crippen LogP) is 2.20. The van der Waals surface area contributed by atoms with E-state index < -0.39 is 0 Å². The minimum Gasteiger partial charge on any atom is -0.383 e. The van der Waals surface area contributed by atoms with Gasteiger partial charge in [-0.1, -0.05) is 13.0 Å². The molecule has 0 spiro atoms. The van der Waals surface area contributed by atoms with E-state index in [1.54, 1.807) is 7.11 Å². The summed E-state index contributed by atoms with van der Waals surface area (Å²) in [6.07, 6.45) is 5.81. The maximum Gasteiger partial charge on any atom is 0.128 e. The Balaban J connectivity index is 1.86. The summed E-state index contributed by atoms with van der Waals surface area (Å²) in [6.45, 7) is 5.82. The SMILES string of the molecule is CCCN(c1ccc(CNCCOC)cn1)C1CC1. The van der Waals surface area contributed by atoms with Crippen LogP contribution in [-0.2, 0) is 11.3 Å². The van der Waals surface area contributed by atoms with Gasteiger partial charge in [-0.05, 0) is 30.9 Å². The second-order valence-corrected chi connectivity index (χ2v) is 5.12. The Morgan fingerprint density at radius 2 is 2.26 bits per heavy atom. The quantitative estimate of drug-likeness (QED) is 0.693. The van der Waals surface area contributed by atoms with Gasteiger partial charge in [0.25, 0.3) is 0 Å². The third-order valence-corrected chi connectivity index (χ3v) is 3.37. The van der Waals surface area contributed by atoms with Crippen LogP contribution in [0.1, 0.15) is 31.7 Å². The first kappa shape index (κ1) is 14.3. The number of rotatable bonds is 9. The van der Waals surface area contributed by atoms with Crippen molar-refractivity contribution in [1.82, 2.24) is 10.3 Å². The van der Waals surface area contributed by atoms with Crippen LogP contribution in [0.4, 0.5) is 5.82 Å². The van der Waals surface area contributed by atoms with E-state index in [0.717, 1.165) is 38.1 Å². The normalized spacial score (nSPS) is 14.6. The molecule has 0 saturated heterocycles. The molecule has 1 fully saturated rings. The number of nitrogens with zero attached hydrogens (tertiary/aromatic N) is 2. The van der Waals surface area contributed by atoms with E-state index >= 15 is 0 Å². The first-order chi connectivity index (χ1) is 9.35. The average Bonchev–Trinajstić information content (AvgIpc) is 3.26. The minimum absolute atomic E-state index is 0.734. The number of anilines is 1. The standard InChI is InChI=1S/C15H25N3O/c1-3-9-18(14-5-6-14)15-7-4-13(12-17-15)11-16-8-10-19-2/h4,7,12,14,16H,3,5-6,8-11H2,1-2H3. The van der Waals surface area contributed by atoms with Crippen molar-refractivity contribution in [2.24, 2.45) is 0 Å². The summed E-state index contributed by atoms with van der Waals surface area (Å²) in [5.74, 6) is 1.13. The number of aromatic nitrogens is 1. The molecule has 0 radical (unpaired) electrons. The molecule has 19 heavy (non-hydrogen) atoms. The molecule has 1 aliphatic carbocycles. The molecule has 1 N–H and O–H groups in total. The van der Waals surface area contributed by atoms with E-state index in [4.69, 9.17) is 4.74 Å². The van der Waals surface area contributed by atoms with Crippen molar-refractivity contribution in [3.05, 3.63) is 23.9 Å². The van der Waals surface area contributed by atoms with Crippen LogP contribution in [0.5, 0.6) is 0 Å². The van der Waals surface area contributed by atoms with Crippen molar-refractivity contribution in [3.63, 3.8) is 0 Å². The molecule has 0 atom stereocenters. The maximum atomic E-state index is 5.01. The molecule has 4 nitrogen and oxygen atoms in total. The zero-order valence-electron chi connectivity index (χ0n) is 12.1. The lowest BCUT2D eigenvalue weighted by Crippen LogP contribution is -2.27. The zero-order valence-corrected chi connectivity index (χ0v) is 12.1. The molecule has 0 aromatic carbocycles. The molecule has 4 heteroatoms. The third kappa shape index (κ3) is 4.48. The highest BCUT2D eigenvalue weighted by atomic mass is 16.5. The minimum atomic E-state index is 0.734. The average molecular weight is 263 g/mol. The highest BCUT2D eigenvalue weighted by molar-refractivity contribution is 5.42. The van der Waals surface area contributed by atoms with Gasteiger partial charge in [-0.3, -0.25) is 0 Å². The molecule has 1 heterocycles. The first-order valence-corrected chi connectivity index (χ1v) is 7.26. The second kappa shape index (κ2) is 7.46. The van der Waals surface area contributed by atoms with Crippen LogP contribution in [0.15, 0.2) is 18.3 Å². The fraction of sp³-hybridized carbons (Fsp3) is 0.667. The zero-order chi connectivity index (χ0) is 13.5. The van der Waals surface area contributed by atoms with E-state index in [1.165, 1.54) is 24.8 Å². The number of nitrogens with one attached hydrogen (secondary N) is 1. The highest BCUT2D eigenvalue weighted by Gasteiger charge is 2.29. The van der Waals surface area contributed by atoms with Crippen LogP contribution >= 0.6 is 0 Å². The van der Waals surface area contributed by atoms with Crippen molar-refractivity contribution in [1.29, 1.82) is 0 Å². The Morgan fingerprint density at radius 3 is 2.84 bits per heavy atom. The van der Waals surface area contributed by atoms with E-state index in [-0.39, 0.29) is 0 Å². The number of hydrogen-bond acceptors (Lipinski definition) is 4. The van der Waals surface area contributed by atoms with E-state index in [9.17, 15) is 0 Å². The van der Waals surface area contributed by atoms with Crippen LogP contribution in [0, 0.1) is 0 Å². The second-order valence-electron chi connectivity index (χ2n) is 5.12. The van der Waals surface area contributed by atoms with E-state index in [2.05, 4.69) is 34.3 Å². The largest absolute Gasteiger partial charge is 0.383 e. The van der Waals surface area contributed by atoms with E-state index in [1.807, 2.05) is 6.20 Å². The van der Waals surface area contributed by atoms with Crippen LogP contribution in [-0.4, -0.2) is 37.8 Å². The summed E-state index contributed by atoms with van der Waals surface area (Å²) in [5.41, 5.74) is 1.23. The number of ether oxygens (including phenoxy) is 1. The molecule has 1 saturated carbocycles. The van der Waals surface area contributed by atoms with Gasteiger partial charge in [-0.2, -0.15) is 0 Å². The molecule has 0 aliphatic heterocycles. The molecule has 0 unspecified atom stereocenters. The topological polar surface area (TPSA) is 37.4 Å². The number of methoxy groups -OCH3 is 1. The molecular formula is C15H25N3O.